The highest BCUT2D eigenvalue weighted by Gasteiger charge is 2.39. The van der Waals surface area contributed by atoms with Gasteiger partial charge < -0.3 is 5.73 Å². The zero-order valence-corrected chi connectivity index (χ0v) is 6.73. The Morgan fingerprint density at radius 2 is 1.69 bits per heavy atom. The van der Waals surface area contributed by atoms with Crippen LogP contribution in [0.3, 0.4) is 0 Å². The second-order valence-electron chi connectivity index (χ2n) is 3.26. The van der Waals surface area contributed by atoms with E-state index in [1.54, 1.807) is 0 Å². The molecule has 13 heavy (non-hydrogen) atoms. The van der Waals surface area contributed by atoms with Gasteiger partial charge in [-0.3, -0.25) is 0 Å². The molecule has 1 aliphatic carbocycles. The third kappa shape index (κ3) is 1.31. The van der Waals surface area contributed by atoms with E-state index in [1.807, 2.05) is 0 Å². The first-order valence-electron chi connectivity index (χ1n) is 4.00. The van der Waals surface area contributed by atoms with Crippen molar-refractivity contribution in [1.82, 2.24) is 0 Å². The summed E-state index contributed by atoms with van der Waals surface area (Å²) in [5.74, 6) is -3.18. The minimum Gasteiger partial charge on any atom is -0.327 e. The molecule has 2 rings (SSSR count). The molecule has 4 heteroatoms. The van der Waals surface area contributed by atoms with E-state index >= 15 is 0 Å². The maximum Gasteiger partial charge on any atom is 0.165 e. The fourth-order valence-corrected chi connectivity index (χ4v) is 1.43. The van der Waals surface area contributed by atoms with Crippen molar-refractivity contribution in [3.05, 3.63) is 35.1 Å². The number of benzene rings is 1. The smallest absolute Gasteiger partial charge is 0.165 e. The summed E-state index contributed by atoms with van der Waals surface area (Å²) in [6.45, 7) is 0. The first kappa shape index (κ1) is 8.56. The Labute approximate surface area is 73.4 Å². The summed E-state index contributed by atoms with van der Waals surface area (Å²) < 4.78 is 38.8. The van der Waals surface area contributed by atoms with Gasteiger partial charge in [0.2, 0.25) is 0 Å². The van der Waals surface area contributed by atoms with Gasteiger partial charge in [-0.05, 0) is 18.6 Å². The summed E-state index contributed by atoms with van der Waals surface area (Å²) >= 11 is 0. The summed E-state index contributed by atoms with van der Waals surface area (Å²) in [5.41, 5.74) is 5.23. The lowest BCUT2D eigenvalue weighted by Gasteiger charge is -2.03. The molecule has 1 nitrogen and oxygen atoms in total. The average Bonchev–Trinajstić information content (AvgIpc) is 2.76. The van der Waals surface area contributed by atoms with Crippen molar-refractivity contribution < 1.29 is 13.2 Å². The fraction of sp³-hybridized carbons (Fsp3) is 0.333. The molecule has 1 aromatic rings. The Morgan fingerprint density at radius 3 is 2.23 bits per heavy atom. The van der Waals surface area contributed by atoms with Gasteiger partial charge >= 0.3 is 0 Å². The van der Waals surface area contributed by atoms with Gasteiger partial charge in [0.05, 0.1) is 0 Å². The largest absolute Gasteiger partial charge is 0.327 e. The second kappa shape index (κ2) is 2.73. The zero-order valence-electron chi connectivity index (χ0n) is 6.73. The van der Waals surface area contributed by atoms with E-state index in [0.717, 1.165) is 12.1 Å². The minimum atomic E-state index is -1.10. The molecule has 0 aromatic heterocycles. The van der Waals surface area contributed by atoms with Crippen molar-refractivity contribution in [2.45, 2.75) is 18.4 Å². The molecule has 0 heterocycles. The molecule has 1 fully saturated rings. The van der Waals surface area contributed by atoms with Gasteiger partial charge in [-0.15, -0.1) is 0 Å². The van der Waals surface area contributed by atoms with Crippen molar-refractivity contribution in [2.24, 2.45) is 5.73 Å². The molecule has 1 aromatic carbocycles. The van der Waals surface area contributed by atoms with E-state index in [1.165, 1.54) is 0 Å². The van der Waals surface area contributed by atoms with E-state index in [2.05, 4.69) is 0 Å². The molecule has 0 saturated heterocycles. The highest BCUT2D eigenvalue weighted by Crippen LogP contribution is 2.41. The predicted octanol–water partition coefficient (Wildman–Crippen LogP) is 1.92. The molecule has 0 amide bonds. The van der Waals surface area contributed by atoms with Crippen LogP contribution >= 0.6 is 0 Å². The lowest BCUT2D eigenvalue weighted by atomic mass is 10.1. The van der Waals surface area contributed by atoms with Crippen LogP contribution in [0.25, 0.3) is 0 Å². The lowest BCUT2D eigenvalue weighted by Crippen LogP contribution is -2.05. The summed E-state index contributed by atoms with van der Waals surface area (Å²) in [4.78, 5) is 0. The summed E-state index contributed by atoms with van der Waals surface area (Å²) in [5, 5.41) is 0. The van der Waals surface area contributed by atoms with E-state index < -0.39 is 17.5 Å². The van der Waals surface area contributed by atoms with Crippen molar-refractivity contribution in [1.29, 1.82) is 0 Å². The van der Waals surface area contributed by atoms with E-state index in [4.69, 9.17) is 5.73 Å². The van der Waals surface area contributed by atoms with E-state index in [9.17, 15) is 13.2 Å². The van der Waals surface area contributed by atoms with Crippen LogP contribution in [0, 0.1) is 17.5 Å². The Hall–Kier alpha value is -1.03. The van der Waals surface area contributed by atoms with Gasteiger partial charge in [0, 0.05) is 17.5 Å². The Bertz CT molecular complexity index is 351. The lowest BCUT2D eigenvalue weighted by molar-refractivity contribution is 0.479. The Morgan fingerprint density at radius 1 is 1.15 bits per heavy atom. The molecular formula is C9H8F3N. The van der Waals surface area contributed by atoms with E-state index in [-0.39, 0.29) is 17.5 Å². The third-order valence-corrected chi connectivity index (χ3v) is 2.29. The van der Waals surface area contributed by atoms with Gasteiger partial charge in [0.25, 0.3) is 0 Å². The van der Waals surface area contributed by atoms with Crippen LogP contribution in [0.15, 0.2) is 12.1 Å². The molecule has 2 N–H and O–H groups in total. The van der Waals surface area contributed by atoms with Gasteiger partial charge in [-0.2, -0.15) is 0 Å². The monoisotopic (exact) mass is 187 g/mol. The average molecular weight is 187 g/mol. The summed E-state index contributed by atoms with van der Waals surface area (Å²) in [7, 11) is 0. The number of rotatable bonds is 1. The topological polar surface area (TPSA) is 26.0 Å². The second-order valence-corrected chi connectivity index (χ2v) is 3.26. The molecular weight excluding hydrogens is 179 g/mol. The number of hydrogen-bond acceptors (Lipinski definition) is 1. The van der Waals surface area contributed by atoms with Gasteiger partial charge in [0.1, 0.15) is 5.82 Å². The highest BCUT2D eigenvalue weighted by molar-refractivity contribution is 5.31. The maximum atomic E-state index is 13.1. The fourth-order valence-electron chi connectivity index (χ4n) is 1.43. The normalized spacial score (nSPS) is 26.2. The van der Waals surface area contributed by atoms with Crippen molar-refractivity contribution in [3.63, 3.8) is 0 Å². The minimum absolute atomic E-state index is 0.201. The van der Waals surface area contributed by atoms with E-state index in [0.29, 0.717) is 6.42 Å². The Kier molecular flexibility index (Phi) is 1.80. The molecule has 1 aliphatic rings. The molecule has 1 saturated carbocycles. The summed E-state index contributed by atoms with van der Waals surface area (Å²) in [6, 6.07) is 1.48. The quantitative estimate of drug-likeness (QED) is 0.668. The molecule has 0 radical (unpaired) electrons. The highest BCUT2D eigenvalue weighted by atomic mass is 19.2. The molecule has 0 aliphatic heterocycles. The van der Waals surface area contributed by atoms with Crippen LogP contribution in [-0.4, -0.2) is 6.04 Å². The Balaban J connectivity index is 2.48. The first-order valence-corrected chi connectivity index (χ1v) is 4.00. The molecule has 0 unspecified atom stereocenters. The van der Waals surface area contributed by atoms with Crippen LogP contribution in [-0.2, 0) is 0 Å². The third-order valence-electron chi connectivity index (χ3n) is 2.29. The van der Waals surface area contributed by atoms with Crippen LogP contribution in [0.2, 0.25) is 0 Å². The molecule has 0 spiro atoms. The number of hydrogen-bond donors (Lipinski definition) is 1. The summed E-state index contributed by atoms with van der Waals surface area (Å²) in [6.07, 6.45) is 0.525. The number of halogens is 3. The maximum absolute atomic E-state index is 13.1. The first-order chi connectivity index (χ1) is 6.11. The zero-order chi connectivity index (χ0) is 9.59. The number of nitrogens with two attached hydrogens (primary N) is 1. The predicted molar refractivity (Wildman–Crippen MR) is 41.6 cm³/mol. The van der Waals surface area contributed by atoms with Crippen LogP contribution in [0.5, 0.6) is 0 Å². The van der Waals surface area contributed by atoms with Crippen molar-refractivity contribution >= 4 is 0 Å². The molecule has 70 valence electrons. The van der Waals surface area contributed by atoms with Crippen LogP contribution in [0.4, 0.5) is 13.2 Å². The van der Waals surface area contributed by atoms with Gasteiger partial charge in [-0.1, -0.05) is 0 Å². The van der Waals surface area contributed by atoms with Gasteiger partial charge in [0.15, 0.2) is 11.6 Å². The van der Waals surface area contributed by atoms with Crippen LogP contribution in [0.1, 0.15) is 17.9 Å². The van der Waals surface area contributed by atoms with Crippen LogP contribution < -0.4 is 5.73 Å². The SMILES string of the molecule is N[C@@H]1C[C@H]1c1c(F)ccc(F)c1F. The van der Waals surface area contributed by atoms with Crippen molar-refractivity contribution in [3.8, 4) is 0 Å². The van der Waals surface area contributed by atoms with Gasteiger partial charge in [-0.25, -0.2) is 13.2 Å². The van der Waals surface area contributed by atoms with Crippen molar-refractivity contribution in [2.75, 3.05) is 0 Å². The standard InChI is InChI=1S/C9H8F3N/c10-5-1-2-6(11)9(12)8(5)4-3-7(4)13/h1-2,4,7H,3,13H2/t4-,7-/m1/s1. The molecule has 2 atom stereocenters. The molecule has 0 bridgehead atoms.